The molecule has 0 saturated carbocycles. The van der Waals surface area contributed by atoms with Crippen molar-refractivity contribution in [2.24, 2.45) is 10.2 Å². The first kappa shape index (κ1) is 16.5. The fourth-order valence-electron chi connectivity index (χ4n) is 2.20. The van der Waals surface area contributed by atoms with E-state index in [-0.39, 0.29) is 11.4 Å². The predicted octanol–water partition coefficient (Wildman–Crippen LogP) is 4.39. The highest BCUT2D eigenvalue weighted by molar-refractivity contribution is 5.73. The average molecular weight is 347 g/mol. The number of hydrogen-bond acceptors (Lipinski definition) is 4. The summed E-state index contributed by atoms with van der Waals surface area (Å²) < 4.78 is 38.2. The van der Waals surface area contributed by atoms with Crippen molar-refractivity contribution in [2.75, 3.05) is 5.73 Å². The molecule has 0 atom stereocenters. The first-order valence-corrected chi connectivity index (χ1v) is 7.10. The van der Waals surface area contributed by atoms with Gasteiger partial charge >= 0.3 is 6.18 Å². The van der Waals surface area contributed by atoms with E-state index in [1.54, 1.807) is 24.3 Å². The quantitative estimate of drug-likeness (QED) is 0.484. The smallest absolute Gasteiger partial charge is 0.399 e. The van der Waals surface area contributed by atoms with Crippen molar-refractivity contribution in [1.82, 2.24) is 10.2 Å². The minimum absolute atomic E-state index is 0.0195. The van der Waals surface area contributed by atoms with Gasteiger partial charge in [-0.1, -0.05) is 18.2 Å². The lowest BCUT2D eigenvalue weighted by Gasteiger charge is -2.05. The summed E-state index contributed by atoms with van der Waals surface area (Å²) in [5.74, 6) is 0. The molecule has 0 fully saturated rings. The Balaban J connectivity index is 1.98. The van der Waals surface area contributed by atoms with Gasteiger partial charge in [-0.2, -0.15) is 18.3 Å². The normalized spacial score (nSPS) is 12.0. The van der Waals surface area contributed by atoms with Gasteiger partial charge in [0.25, 0.3) is 5.56 Å². The summed E-state index contributed by atoms with van der Waals surface area (Å²) >= 11 is 0. The van der Waals surface area contributed by atoms with Crippen LogP contribution >= 0.6 is 0 Å². The highest BCUT2D eigenvalue weighted by atomic mass is 19.4. The van der Waals surface area contributed by atoms with Crippen LogP contribution in [0.25, 0.3) is 11.3 Å². The fourth-order valence-corrected chi connectivity index (χ4v) is 2.20. The maximum absolute atomic E-state index is 12.7. The molecular formula is C16H12F3N5O. The lowest BCUT2D eigenvalue weighted by molar-refractivity contribution is -0.137. The van der Waals surface area contributed by atoms with Gasteiger partial charge in [-0.05, 0) is 30.3 Å². The Morgan fingerprint density at radius 2 is 1.72 bits per heavy atom. The first-order chi connectivity index (χ1) is 11.8. The standard InChI is InChI=1S/C16H12F3N5O/c17-16(18,19)10-4-2-6-12(8-10)21-23-14-13(22-24-15(14)25)9-3-1-5-11(20)7-9/h1-8H,20H2,(H2,22,24,25). The van der Waals surface area contributed by atoms with Gasteiger partial charge in [0, 0.05) is 11.3 Å². The van der Waals surface area contributed by atoms with Gasteiger partial charge in [0.05, 0.1) is 16.9 Å². The topological polar surface area (TPSA) is 99.4 Å². The second-order valence-corrected chi connectivity index (χ2v) is 5.18. The summed E-state index contributed by atoms with van der Waals surface area (Å²) in [6, 6.07) is 11.1. The maximum atomic E-state index is 12.7. The van der Waals surface area contributed by atoms with E-state index in [1.165, 1.54) is 12.1 Å². The predicted molar refractivity (Wildman–Crippen MR) is 86.9 cm³/mol. The number of anilines is 1. The van der Waals surface area contributed by atoms with Crippen molar-refractivity contribution in [1.29, 1.82) is 0 Å². The van der Waals surface area contributed by atoms with Gasteiger partial charge in [0.15, 0.2) is 5.69 Å². The molecule has 0 aliphatic carbocycles. The highest BCUT2D eigenvalue weighted by Gasteiger charge is 2.30. The van der Waals surface area contributed by atoms with Crippen LogP contribution in [-0.4, -0.2) is 10.2 Å². The lowest BCUT2D eigenvalue weighted by Crippen LogP contribution is -2.03. The van der Waals surface area contributed by atoms with E-state index in [0.717, 1.165) is 12.1 Å². The Morgan fingerprint density at radius 3 is 2.44 bits per heavy atom. The summed E-state index contributed by atoms with van der Waals surface area (Å²) in [7, 11) is 0. The Morgan fingerprint density at radius 1 is 0.960 bits per heavy atom. The van der Waals surface area contributed by atoms with E-state index < -0.39 is 17.3 Å². The maximum Gasteiger partial charge on any atom is 0.416 e. The number of H-pyrrole nitrogens is 2. The van der Waals surface area contributed by atoms with Crippen LogP contribution < -0.4 is 11.3 Å². The van der Waals surface area contributed by atoms with E-state index in [9.17, 15) is 18.0 Å². The van der Waals surface area contributed by atoms with E-state index in [4.69, 9.17) is 5.73 Å². The van der Waals surface area contributed by atoms with Crippen LogP contribution in [0.3, 0.4) is 0 Å². The number of nitrogens with two attached hydrogens (primary N) is 1. The molecule has 1 heterocycles. The van der Waals surface area contributed by atoms with Crippen LogP contribution in [0.5, 0.6) is 0 Å². The molecule has 0 radical (unpaired) electrons. The zero-order valence-electron chi connectivity index (χ0n) is 12.6. The number of aromatic amines is 2. The number of hydrogen-bond donors (Lipinski definition) is 3. The number of aromatic nitrogens is 2. The molecule has 1 aromatic heterocycles. The molecule has 0 aliphatic heterocycles. The Labute approximate surface area is 139 Å². The molecule has 0 aliphatic rings. The van der Waals surface area contributed by atoms with Crippen molar-refractivity contribution < 1.29 is 13.2 Å². The van der Waals surface area contributed by atoms with Crippen molar-refractivity contribution in [2.45, 2.75) is 6.18 Å². The second kappa shape index (κ2) is 6.27. The third-order valence-electron chi connectivity index (χ3n) is 3.37. The summed E-state index contributed by atoms with van der Waals surface area (Å²) in [5, 5.41) is 12.6. The molecule has 4 N–H and O–H groups in total. The number of rotatable bonds is 3. The second-order valence-electron chi connectivity index (χ2n) is 5.18. The number of nitrogens with zero attached hydrogens (tertiary/aromatic N) is 2. The molecular weight excluding hydrogens is 335 g/mol. The minimum Gasteiger partial charge on any atom is -0.399 e. The molecule has 25 heavy (non-hydrogen) atoms. The molecule has 0 spiro atoms. The van der Waals surface area contributed by atoms with E-state index in [0.29, 0.717) is 16.9 Å². The van der Waals surface area contributed by atoms with Gasteiger partial charge in [-0.15, -0.1) is 5.11 Å². The molecule has 2 aromatic carbocycles. The van der Waals surface area contributed by atoms with Crippen molar-refractivity contribution >= 4 is 17.1 Å². The minimum atomic E-state index is -4.48. The molecule has 0 amide bonds. The van der Waals surface area contributed by atoms with Crippen LogP contribution in [0.15, 0.2) is 63.6 Å². The van der Waals surface area contributed by atoms with Crippen molar-refractivity contribution in [3.8, 4) is 11.3 Å². The third kappa shape index (κ3) is 3.60. The van der Waals surface area contributed by atoms with Crippen LogP contribution in [0.1, 0.15) is 5.56 Å². The molecule has 128 valence electrons. The lowest BCUT2D eigenvalue weighted by atomic mass is 10.1. The zero-order valence-corrected chi connectivity index (χ0v) is 12.6. The number of benzene rings is 2. The molecule has 0 unspecified atom stereocenters. The van der Waals surface area contributed by atoms with Gasteiger partial charge in [-0.3, -0.25) is 15.0 Å². The summed E-state index contributed by atoms with van der Waals surface area (Å²) in [4.78, 5) is 11.9. The van der Waals surface area contributed by atoms with Crippen LogP contribution in [-0.2, 0) is 6.18 Å². The molecule has 0 bridgehead atoms. The Kier molecular flexibility index (Phi) is 4.14. The van der Waals surface area contributed by atoms with Crippen LogP contribution in [0, 0.1) is 0 Å². The van der Waals surface area contributed by atoms with Gasteiger partial charge in [0.2, 0.25) is 0 Å². The number of alkyl halides is 3. The summed E-state index contributed by atoms with van der Waals surface area (Å²) in [5.41, 5.74) is 5.67. The molecule has 0 saturated heterocycles. The fraction of sp³-hybridized carbons (Fsp3) is 0.0625. The van der Waals surface area contributed by atoms with E-state index >= 15 is 0 Å². The first-order valence-electron chi connectivity index (χ1n) is 7.10. The van der Waals surface area contributed by atoms with Gasteiger partial charge in [0.1, 0.15) is 0 Å². The molecule has 3 rings (SSSR count). The number of nitrogen functional groups attached to an aromatic ring is 1. The largest absolute Gasteiger partial charge is 0.416 e. The highest BCUT2D eigenvalue weighted by Crippen LogP contribution is 2.32. The van der Waals surface area contributed by atoms with Gasteiger partial charge in [-0.25, -0.2) is 0 Å². The van der Waals surface area contributed by atoms with Crippen LogP contribution in [0.2, 0.25) is 0 Å². The Hall–Kier alpha value is -3.36. The SMILES string of the molecule is Nc1cccc(-c2[nH][nH]c(=O)c2N=Nc2cccc(C(F)(F)F)c2)c1. The molecule has 6 nitrogen and oxygen atoms in total. The average Bonchev–Trinajstić information content (AvgIpc) is 2.93. The monoisotopic (exact) mass is 347 g/mol. The van der Waals surface area contributed by atoms with Crippen molar-refractivity contribution in [3.05, 3.63) is 64.4 Å². The third-order valence-corrected chi connectivity index (χ3v) is 3.37. The van der Waals surface area contributed by atoms with E-state index in [2.05, 4.69) is 20.4 Å². The summed E-state index contributed by atoms with van der Waals surface area (Å²) in [6.45, 7) is 0. The van der Waals surface area contributed by atoms with E-state index in [1.807, 2.05) is 0 Å². The number of nitrogens with one attached hydrogen (secondary N) is 2. The Bertz CT molecular complexity index is 988. The van der Waals surface area contributed by atoms with Crippen LogP contribution in [0.4, 0.5) is 30.2 Å². The molecule has 9 heteroatoms. The zero-order chi connectivity index (χ0) is 18.0. The molecule has 3 aromatic rings. The summed E-state index contributed by atoms with van der Waals surface area (Å²) in [6.07, 6.45) is -4.48. The van der Waals surface area contributed by atoms with Crippen molar-refractivity contribution in [3.63, 3.8) is 0 Å². The number of azo groups is 1. The number of halogens is 3. The van der Waals surface area contributed by atoms with Gasteiger partial charge < -0.3 is 5.73 Å².